The summed E-state index contributed by atoms with van der Waals surface area (Å²) >= 11 is 0. The van der Waals surface area contributed by atoms with Crippen LogP contribution in [0.3, 0.4) is 0 Å². The van der Waals surface area contributed by atoms with E-state index in [1.165, 1.54) is 51.7 Å². The molecule has 0 amide bonds. The van der Waals surface area contributed by atoms with Gasteiger partial charge in [-0.25, -0.2) is 0 Å². The average Bonchev–Trinajstić information content (AvgIpc) is 2.49. The predicted molar refractivity (Wildman–Crippen MR) is 55.6 cm³/mol. The number of likely N-dealkylation sites (tertiary alicyclic amines) is 1. The number of nitrogens with two attached hydrogens (primary N) is 1. The summed E-state index contributed by atoms with van der Waals surface area (Å²) in [7, 11) is 0. The van der Waals surface area contributed by atoms with E-state index >= 15 is 0 Å². The molecule has 1 unspecified atom stereocenters. The maximum absolute atomic E-state index is 5.66. The molecule has 2 heteroatoms. The van der Waals surface area contributed by atoms with Crippen LogP contribution in [0.1, 0.15) is 32.1 Å². The molecule has 1 saturated carbocycles. The van der Waals surface area contributed by atoms with Crippen LogP contribution in [0.4, 0.5) is 0 Å². The molecule has 0 spiro atoms. The number of rotatable bonds is 4. The minimum Gasteiger partial charge on any atom is -0.330 e. The first-order valence-electron chi connectivity index (χ1n) is 5.81. The van der Waals surface area contributed by atoms with E-state index < -0.39 is 0 Å². The van der Waals surface area contributed by atoms with Gasteiger partial charge in [0.1, 0.15) is 0 Å². The van der Waals surface area contributed by atoms with Crippen molar-refractivity contribution in [3.8, 4) is 0 Å². The molecule has 0 bridgehead atoms. The van der Waals surface area contributed by atoms with Gasteiger partial charge in [-0.1, -0.05) is 19.3 Å². The molecule has 0 aromatic rings. The van der Waals surface area contributed by atoms with Gasteiger partial charge in [0, 0.05) is 6.54 Å². The second-order valence-corrected chi connectivity index (χ2v) is 4.78. The summed E-state index contributed by atoms with van der Waals surface area (Å²) in [6.07, 6.45) is 7.25. The van der Waals surface area contributed by atoms with Crippen LogP contribution < -0.4 is 5.73 Å². The fraction of sp³-hybridized carbons (Fsp3) is 1.00. The Labute approximate surface area is 81.5 Å². The van der Waals surface area contributed by atoms with Gasteiger partial charge < -0.3 is 10.6 Å². The van der Waals surface area contributed by atoms with Crippen LogP contribution in [0.5, 0.6) is 0 Å². The highest BCUT2D eigenvalue weighted by Gasteiger charge is 2.23. The SMILES string of the molecule is NCC1CCN(CCC2CCC2)C1. The molecule has 1 saturated heterocycles. The zero-order valence-corrected chi connectivity index (χ0v) is 8.54. The molecule has 13 heavy (non-hydrogen) atoms. The summed E-state index contributed by atoms with van der Waals surface area (Å²) in [4.78, 5) is 2.61. The number of nitrogens with zero attached hydrogens (tertiary/aromatic N) is 1. The molecule has 1 aliphatic carbocycles. The van der Waals surface area contributed by atoms with E-state index in [9.17, 15) is 0 Å². The molecule has 0 radical (unpaired) electrons. The standard InChI is InChI=1S/C11H22N2/c12-8-11-5-7-13(9-11)6-4-10-2-1-3-10/h10-11H,1-9,12H2. The van der Waals surface area contributed by atoms with Crippen LogP contribution in [0.15, 0.2) is 0 Å². The maximum Gasteiger partial charge on any atom is 0.00222 e. The van der Waals surface area contributed by atoms with E-state index in [0.29, 0.717) is 0 Å². The molecule has 0 aromatic heterocycles. The van der Waals surface area contributed by atoms with E-state index in [0.717, 1.165) is 18.4 Å². The molecule has 1 heterocycles. The van der Waals surface area contributed by atoms with E-state index in [1.54, 1.807) is 0 Å². The molecule has 2 aliphatic rings. The topological polar surface area (TPSA) is 29.3 Å². The normalized spacial score (nSPS) is 30.7. The Bertz CT molecular complexity index is 154. The molecule has 2 fully saturated rings. The van der Waals surface area contributed by atoms with Crippen molar-refractivity contribution in [3.63, 3.8) is 0 Å². The van der Waals surface area contributed by atoms with E-state index in [2.05, 4.69) is 4.90 Å². The van der Waals surface area contributed by atoms with Crippen LogP contribution in [0.25, 0.3) is 0 Å². The summed E-state index contributed by atoms with van der Waals surface area (Å²) in [6.45, 7) is 4.79. The summed E-state index contributed by atoms with van der Waals surface area (Å²) < 4.78 is 0. The van der Waals surface area contributed by atoms with Crippen molar-refractivity contribution in [2.75, 3.05) is 26.2 Å². The number of hydrogen-bond acceptors (Lipinski definition) is 2. The Morgan fingerprint density at radius 3 is 2.54 bits per heavy atom. The van der Waals surface area contributed by atoms with Gasteiger partial charge in [-0.3, -0.25) is 0 Å². The summed E-state index contributed by atoms with van der Waals surface area (Å²) in [5.41, 5.74) is 5.66. The smallest absolute Gasteiger partial charge is 0.00222 e. The first-order chi connectivity index (χ1) is 6.38. The Morgan fingerprint density at radius 1 is 1.15 bits per heavy atom. The van der Waals surface area contributed by atoms with Crippen molar-refractivity contribution in [2.45, 2.75) is 32.1 Å². The van der Waals surface area contributed by atoms with Crippen molar-refractivity contribution in [1.82, 2.24) is 4.90 Å². The average molecular weight is 182 g/mol. The van der Waals surface area contributed by atoms with Gasteiger partial charge in [-0.2, -0.15) is 0 Å². The quantitative estimate of drug-likeness (QED) is 0.713. The van der Waals surface area contributed by atoms with Gasteiger partial charge >= 0.3 is 0 Å². The maximum atomic E-state index is 5.66. The first kappa shape index (κ1) is 9.47. The van der Waals surface area contributed by atoms with Gasteiger partial charge in [0.05, 0.1) is 0 Å². The van der Waals surface area contributed by atoms with Gasteiger partial charge in [0.25, 0.3) is 0 Å². The van der Waals surface area contributed by atoms with Crippen molar-refractivity contribution < 1.29 is 0 Å². The highest BCUT2D eigenvalue weighted by Crippen LogP contribution is 2.30. The lowest BCUT2D eigenvalue weighted by atomic mass is 9.83. The highest BCUT2D eigenvalue weighted by molar-refractivity contribution is 4.78. The van der Waals surface area contributed by atoms with Crippen molar-refractivity contribution in [3.05, 3.63) is 0 Å². The molecule has 2 N–H and O–H groups in total. The molecule has 2 rings (SSSR count). The fourth-order valence-electron chi connectivity index (χ4n) is 2.45. The van der Waals surface area contributed by atoms with Crippen LogP contribution in [-0.2, 0) is 0 Å². The lowest BCUT2D eigenvalue weighted by Gasteiger charge is -2.27. The lowest BCUT2D eigenvalue weighted by molar-refractivity contribution is 0.235. The zero-order chi connectivity index (χ0) is 9.10. The van der Waals surface area contributed by atoms with Gasteiger partial charge in [-0.15, -0.1) is 0 Å². The molecular weight excluding hydrogens is 160 g/mol. The molecular formula is C11H22N2. The summed E-state index contributed by atoms with van der Waals surface area (Å²) in [6, 6.07) is 0. The molecule has 76 valence electrons. The van der Waals surface area contributed by atoms with Crippen molar-refractivity contribution in [2.24, 2.45) is 17.6 Å². The van der Waals surface area contributed by atoms with Crippen molar-refractivity contribution in [1.29, 1.82) is 0 Å². The Kier molecular flexibility index (Phi) is 3.23. The summed E-state index contributed by atoms with van der Waals surface area (Å²) in [5.74, 6) is 1.86. The second kappa shape index (κ2) is 4.43. The monoisotopic (exact) mass is 182 g/mol. The Morgan fingerprint density at radius 2 is 2.00 bits per heavy atom. The third-order valence-corrected chi connectivity index (χ3v) is 3.78. The third-order valence-electron chi connectivity index (χ3n) is 3.78. The predicted octanol–water partition coefficient (Wildman–Crippen LogP) is 1.46. The van der Waals surface area contributed by atoms with Gasteiger partial charge in [-0.05, 0) is 44.3 Å². The van der Waals surface area contributed by atoms with Gasteiger partial charge in [0.15, 0.2) is 0 Å². The molecule has 2 nitrogen and oxygen atoms in total. The molecule has 0 aromatic carbocycles. The third kappa shape index (κ3) is 2.44. The van der Waals surface area contributed by atoms with E-state index in [4.69, 9.17) is 5.73 Å². The van der Waals surface area contributed by atoms with Gasteiger partial charge in [0.2, 0.25) is 0 Å². The van der Waals surface area contributed by atoms with Crippen LogP contribution in [-0.4, -0.2) is 31.1 Å². The first-order valence-corrected chi connectivity index (χ1v) is 5.81. The van der Waals surface area contributed by atoms with E-state index in [1.807, 2.05) is 0 Å². The zero-order valence-electron chi connectivity index (χ0n) is 8.54. The summed E-state index contributed by atoms with van der Waals surface area (Å²) in [5, 5.41) is 0. The molecule has 1 aliphatic heterocycles. The minimum absolute atomic E-state index is 0.793. The number of hydrogen-bond donors (Lipinski definition) is 1. The minimum atomic E-state index is 0.793. The Hall–Kier alpha value is -0.0800. The second-order valence-electron chi connectivity index (χ2n) is 4.78. The van der Waals surface area contributed by atoms with Crippen LogP contribution in [0, 0.1) is 11.8 Å². The largest absolute Gasteiger partial charge is 0.330 e. The van der Waals surface area contributed by atoms with E-state index in [-0.39, 0.29) is 0 Å². The van der Waals surface area contributed by atoms with Crippen LogP contribution >= 0.6 is 0 Å². The fourth-order valence-corrected chi connectivity index (χ4v) is 2.45. The molecule has 1 atom stereocenters. The highest BCUT2D eigenvalue weighted by atomic mass is 15.1. The van der Waals surface area contributed by atoms with Crippen LogP contribution in [0.2, 0.25) is 0 Å². The lowest BCUT2D eigenvalue weighted by Crippen LogP contribution is -2.26. The Balaban J connectivity index is 1.59. The van der Waals surface area contributed by atoms with Crippen molar-refractivity contribution >= 4 is 0 Å².